The molecule has 1 rings (SSSR count). The highest BCUT2D eigenvalue weighted by atomic mass is 19.1. The molecule has 24 heavy (non-hydrogen) atoms. The summed E-state index contributed by atoms with van der Waals surface area (Å²) in [6, 6.07) is 2.71. The Morgan fingerprint density at radius 3 is 2.21 bits per heavy atom. The molecule has 0 saturated heterocycles. The molecule has 2 atom stereocenters. The van der Waals surface area contributed by atoms with E-state index in [1.165, 1.54) is 18.2 Å². The van der Waals surface area contributed by atoms with E-state index in [9.17, 15) is 23.6 Å². The van der Waals surface area contributed by atoms with Crippen molar-refractivity contribution in [2.45, 2.75) is 31.8 Å². The number of benzene rings is 1. The Morgan fingerprint density at radius 2 is 1.71 bits per heavy atom. The second-order valence-corrected chi connectivity index (χ2v) is 5.05. The molecule has 2 amide bonds. The molecule has 1 aromatic carbocycles. The molecule has 0 aromatic heterocycles. The molecule has 0 spiro atoms. The third-order valence-electron chi connectivity index (χ3n) is 3.07. The standard InChI is InChI=1S/C15H17FN2O6/c1-8(19)17-11(6-9-4-2-3-5-10(9)16)14(22)18-12(15(23)24)7-13(20)21/h2-5,11-12H,6-7H2,1H3,(H,17,19)(H,18,22)(H,20,21)(H,23,24)/t11-,12-/m0/s1. The lowest BCUT2D eigenvalue weighted by molar-refractivity contribution is -0.147. The summed E-state index contributed by atoms with van der Waals surface area (Å²) in [6.45, 7) is 1.15. The van der Waals surface area contributed by atoms with Gasteiger partial charge in [0.15, 0.2) is 0 Å². The maximum absolute atomic E-state index is 13.7. The number of carboxylic acids is 2. The van der Waals surface area contributed by atoms with Gasteiger partial charge in [0, 0.05) is 13.3 Å². The molecule has 0 aliphatic carbocycles. The molecular weight excluding hydrogens is 323 g/mol. The van der Waals surface area contributed by atoms with Crippen molar-refractivity contribution in [2.75, 3.05) is 0 Å². The SMILES string of the molecule is CC(=O)N[C@@H](Cc1ccccc1F)C(=O)N[C@@H](CC(=O)O)C(=O)O. The van der Waals surface area contributed by atoms with Crippen LogP contribution in [0.2, 0.25) is 0 Å². The van der Waals surface area contributed by atoms with Gasteiger partial charge in [-0.1, -0.05) is 18.2 Å². The van der Waals surface area contributed by atoms with Gasteiger partial charge in [-0.3, -0.25) is 14.4 Å². The topological polar surface area (TPSA) is 133 Å². The monoisotopic (exact) mass is 340 g/mol. The number of amides is 2. The van der Waals surface area contributed by atoms with E-state index in [0.29, 0.717) is 0 Å². The number of nitrogens with one attached hydrogen (secondary N) is 2. The predicted molar refractivity (Wildman–Crippen MR) is 79.5 cm³/mol. The molecule has 130 valence electrons. The minimum Gasteiger partial charge on any atom is -0.481 e. The fourth-order valence-corrected chi connectivity index (χ4v) is 1.99. The Labute approximate surface area is 136 Å². The van der Waals surface area contributed by atoms with Crippen molar-refractivity contribution in [1.82, 2.24) is 10.6 Å². The highest BCUT2D eigenvalue weighted by Gasteiger charge is 2.28. The number of carboxylic acid groups (broad SMARTS) is 2. The van der Waals surface area contributed by atoms with E-state index >= 15 is 0 Å². The maximum Gasteiger partial charge on any atom is 0.326 e. The number of hydrogen-bond donors (Lipinski definition) is 4. The molecule has 1 aromatic rings. The van der Waals surface area contributed by atoms with E-state index in [2.05, 4.69) is 5.32 Å². The third kappa shape index (κ3) is 6.03. The Hall–Kier alpha value is -2.97. The van der Waals surface area contributed by atoms with Crippen LogP contribution >= 0.6 is 0 Å². The molecule has 4 N–H and O–H groups in total. The van der Waals surface area contributed by atoms with Gasteiger partial charge >= 0.3 is 11.9 Å². The number of carbonyl (C=O) groups is 4. The predicted octanol–water partition coefficient (Wildman–Crippen LogP) is -0.0830. The summed E-state index contributed by atoms with van der Waals surface area (Å²) in [5.74, 6) is -5.01. The van der Waals surface area contributed by atoms with Gasteiger partial charge in [0.05, 0.1) is 6.42 Å². The number of aliphatic carboxylic acids is 2. The van der Waals surface area contributed by atoms with E-state index in [1.807, 2.05) is 5.32 Å². The smallest absolute Gasteiger partial charge is 0.326 e. The van der Waals surface area contributed by atoms with Crippen molar-refractivity contribution in [3.05, 3.63) is 35.6 Å². The molecule has 0 saturated carbocycles. The van der Waals surface area contributed by atoms with Crippen molar-refractivity contribution in [1.29, 1.82) is 0 Å². The molecule has 0 heterocycles. The highest BCUT2D eigenvalue weighted by molar-refractivity contribution is 5.91. The number of rotatable bonds is 8. The Kier molecular flexibility index (Phi) is 6.84. The highest BCUT2D eigenvalue weighted by Crippen LogP contribution is 2.10. The molecule has 0 aliphatic heterocycles. The molecule has 0 unspecified atom stereocenters. The Balaban J connectivity index is 2.92. The summed E-state index contributed by atoms with van der Waals surface area (Å²) in [5.41, 5.74) is 0.150. The first-order valence-corrected chi connectivity index (χ1v) is 6.96. The number of halogens is 1. The van der Waals surface area contributed by atoms with Crippen LogP contribution in [0.1, 0.15) is 18.9 Å². The second kappa shape index (κ2) is 8.61. The Morgan fingerprint density at radius 1 is 1.08 bits per heavy atom. The van der Waals surface area contributed by atoms with Crippen LogP contribution in [-0.4, -0.2) is 46.0 Å². The second-order valence-electron chi connectivity index (χ2n) is 5.05. The molecule has 0 bridgehead atoms. The summed E-state index contributed by atoms with van der Waals surface area (Å²) in [5, 5.41) is 21.9. The normalized spacial score (nSPS) is 12.8. The lowest BCUT2D eigenvalue weighted by Gasteiger charge is -2.20. The fraction of sp³-hybridized carbons (Fsp3) is 0.333. The summed E-state index contributed by atoms with van der Waals surface area (Å²) in [4.78, 5) is 45.1. The van der Waals surface area contributed by atoms with Gasteiger partial charge < -0.3 is 20.8 Å². The molecule has 0 fully saturated rings. The van der Waals surface area contributed by atoms with E-state index in [-0.39, 0.29) is 12.0 Å². The first-order valence-electron chi connectivity index (χ1n) is 6.96. The third-order valence-corrected chi connectivity index (χ3v) is 3.07. The van der Waals surface area contributed by atoms with Crippen LogP contribution in [0, 0.1) is 5.82 Å². The van der Waals surface area contributed by atoms with Crippen molar-refractivity contribution in [2.24, 2.45) is 0 Å². The van der Waals surface area contributed by atoms with Gasteiger partial charge in [-0.05, 0) is 11.6 Å². The lowest BCUT2D eigenvalue weighted by Crippen LogP contribution is -2.52. The largest absolute Gasteiger partial charge is 0.481 e. The van der Waals surface area contributed by atoms with Crippen molar-refractivity contribution in [3.8, 4) is 0 Å². The number of carbonyl (C=O) groups excluding carboxylic acids is 2. The molecule has 0 aliphatic rings. The quantitative estimate of drug-likeness (QED) is 0.523. The van der Waals surface area contributed by atoms with Crippen molar-refractivity contribution in [3.63, 3.8) is 0 Å². The lowest BCUT2D eigenvalue weighted by atomic mass is 10.0. The van der Waals surface area contributed by atoms with E-state index in [0.717, 1.165) is 6.92 Å². The summed E-state index contributed by atoms with van der Waals surface area (Å²) >= 11 is 0. The van der Waals surface area contributed by atoms with Crippen LogP contribution in [0.15, 0.2) is 24.3 Å². The average Bonchev–Trinajstić information content (AvgIpc) is 2.47. The van der Waals surface area contributed by atoms with Gasteiger partial charge in [0.2, 0.25) is 11.8 Å². The first kappa shape index (κ1) is 19.1. The Bertz CT molecular complexity index is 649. The minimum absolute atomic E-state index is 0.150. The summed E-state index contributed by atoms with van der Waals surface area (Å²) in [7, 11) is 0. The van der Waals surface area contributed by atoms with Crippen LogP contribution < -0.4 is 10.6 Å². The van der Waals surface area contributed by atoms with E-state index < -0.39 is 48.1 Å². The van der Waals surface area contributed by atoms with Gasteiger partial charge in [0.1, 0.15) is 17.9 Å². The zero-order chi connectivity index (χ0) is 18.3. The molecule has 9 heteroatoms. The van der Waals surface area contributed by atoms with Crippen molar-refractivity contribution >= 4 is 23.8 Å². The fourth-order valence-electron chi connectivity index (χ4n) is 1.99. The van der Waals surface area contributed by atoms with Crippen LogP contribution in [-0.2, 0) is 25.6 Å². The van der Waals surface area contributed by atoms with E-state index in [1.54, 1.807) is 6.07 Å². The number of hydrogen-bond acceptors (Lipinski definition) is 4. The van der Waals surface area contributed by atoms with Crippen LogP contribution in [0.4, 0.5) is 4.39 Å². The van der Waals surface area contributed by atoms with E-state index in [4.69, 9.17) is 10.2 Å². The molecule has 8 nitrogen and oxygen atoms in total. The average molecular weight is 340 g/mol. The first-order chi connectivity index (χ1) is 11.2. The molecule has 0 radical (unpaired) electrons. The van der Waals surface area contributed by atoms with Gasteiger partial charge in [-0.2, -0.15) is 0 Å². The zero-order valence-electron chi connectivity index (χ0n) is 12.8. The van der Waals surface area contributed by atoms with Gasteiger partial charge in [-0.25, -0.2) is 9.18 Å². The van der Waals surface area contributed by atoms with Gasteiger partial charge in [-0.15, -0.1) is 0 Å². The van der Waals surface area contributed by atoms with Crippen LogP contribution in [0.25, 0.3) is 0 Å². The summed E-state index contributed by atoms with van der Waals surface area (Å²) < 4.78 is 13.7. The van der Waals surface area contributed by atoms with Gasteiger partial charge in [0.25, 0.3) is 0 Å². The molecular formula is C15H17FN2O6. The summed E-state index contributed by atoms with van der Waals surface area (Å²) in [6.07, 6.45) is -1.04. The van der Waals surface area contributed by atoms with Crippen LogP contribution in [0.5, 0.6) is 0 Å². The van der Waals surface area contributed by atoms with Crippen LogP contribution in [0.3, 0.4) is 0 Å². The maximum atomic E-state index is 13.7. The zero-order valence-corrected chi connectivity index (χ0v) is 12.8. The minimum atomic E-state index is -1.66. The van der Waals surface area contributed by atoms with Crippen molar-refractivity contribution < 1.29 is 33.8 Å².